The lowest BCUT2D eigenvalue weighted by molar-refractivity contribution is -0.121. The van der Waals surface area contributed by atoms with Gasteiger partial charge in [-0.1, -0.05) is 6.92 Å². The molecule has 1 rings (SSSR count). The number of hydrogen-bond donors (Lipinski definition) is 2. The number of rotatable bonds is 6. The van der Waals surface area contributed by atoms with Gasteiger partial charge in [-0.3, -0.25) is 4.79 Å². The summed E-state index contributed by atoms with van der Waals surface area (Å²) in [5.74, 6) is -1.38. The van der Waals surface area contributed by atoms with Crippen LogP contribution < -0.4 is 11.1 Å². The first kappa shape index (κ1) is 16.4. The molecule has 0 heterocycles. The van der Waals surface area contributed by atoms with E-state index in [1.165, 1.54) is 13.1 Å². The van der Waals surface area contributed by atoms with Gasteiger partial charge in [0.25, 0.3) is 0 Å². The molecule has 0 saturated heterocycles. The van der Waals surface area contributed by atoms with Crippen LogP contribution in [0.4, 0.5) is 10.1 Å². The Bertz CT molecular complexity index is 590. The Hall–Kier alpha value is -1.67. The van der Waals surface area contributed by atoms with Crippen LogP contribution in [0.15, 0.2) is 23.1 Å². The number of carbonyl (C=O) groups excluding carboxylic acids is 1. The zero-order valence-electron chi connectivity index (χ0n) is 11.4. The fraction of sp³-hybridized carbons (Fsp3) is 0.417. The van der Waals surface area contributed by atoms with Crippen molar-refractivity contribution in [1.82, 2.24) is 9.62 Å². The quantitative estimate of drug-likeness (QED) is 0.751. The number of halogens is 1. The number of sulfonamides is 1. The molecule has 0 aliphatic rings. The highest BCUT2D eigenvalue weighted by Gasteiger charge is 2.26. The number of benzene rings is 1. The molecule has 0 spiro atoms. The van der Waals surface area contributed by atoms with Crippen LogP contribution in [0.3, 0.4) is 0 Å². The molecule has 0 aliphatic heterocycles. The SMILES string of the molecule is CCCNC(=O)CN(C)S(=O)(=O)c1ccc(N)cc1F. The van der Waals surface area contributed by atoms with Crippen LogP contribution in [0, 0.1) is 5.82 Å². The van der Waals surface area contributed by atoms with Crippen LogP contribution in [0.25, 0.3) is 0 Å². The predicted octanol–water partition coefficient (Wildman–Crippen LogP) is 0.555. The third-order valence-electron chi connectivity index (χ3n) is 2.58. The average molecular weight is 303 g/mol. The lowest BCUT2D eigenvalue weighted by atomic mass is 10.3. The largest absolute Gasteiger partial charge is 0.399 e. The maximum Gasteiger partial charge on any atom is 0.246 e. The molecule has 0 unspecified atom stereocenters. The molecule has 0 saturated carbocycles. The van der Waals surface area contributed by atoms with Gasteiger partial charge in [0.15, 0.2) is 0 Å². The number of carbonyl (C=O) groups is 1. The average Bonchev–Trinajstić information content (AvgIpc) is 2.35. The van der Waals surface area contributed by atoms with Gasteiger partial charge in [0.2, 0.25) is 15.9 Å². The highest BCUT2D eigenvalue weighted by Crippen LogP contribution is 2.20. The Morgan fingerprint density at radius 1 is 1.45 bits per heavy atom. The molecule has 1 aromatic rings. The Balaban J connectivity index is 2.90. The first-order valence-electron chi connectivity index (χ1n) is 6.07. The van der Waals surface area contributed by atoms with E-state index in [0.717, 1.165) is 22.9 Å². The minimum atomic E-state index is -4.06. The summed E-state index contributed by atoms with van der Waals surface area (Å²) in [6, 6.07) is 3.30. The smallest absolute Gasteiger partial charge is 0.246 e. The van der Waals surface area contributed by atoms with Gasteiger partial charge < -0.3 is 11.1 Å². The van der Waals surface area contributed by atoms with E-state index in [2.05, 4.69) is 5.32 Å². The first-order valence-corrected chi connectivity index (χ1v) is 7.51. The molecule has 0 bridgehead atoms. The van der Waals surface area contributed by atoms with Crippen molar-refractivity contribution in [2.24, 2.45) is 0 Å². The monoisotopic (exact) mass is 303 g/mol. The molecule has 1 amide bonds. The molecule has 0 radical (unpaired) electrons. The fourth-order valence-electron chi connectivity index (χ4n) is 1.50. The van der Waals surface area contributed by atoms with E-state index in [4.69, 9.17) is 5.73 Å². The van der Waals surface area contributed by atoms with Gasteiger partial charge in [-0.2, -0.15) is 4.31 Å². The van der Waals surface area contributed by atoms with Crippen molar-refractivity contribution in [3.8, 4) is 0 Å². The van der Waals surface area contributed by atoms with Crippen molar-refractivity contribution >= 4 is 21.6 Å². The maximum absolute atomic E-state index is 13.7. The Kier molecular flexibility index (Phi) is 5.46. The second-order valence-electron chi connectivity index (χ2n) is 4.30. The topological polar surface area (TPSA) is 92.5 Å². The van der Waals surface area contributed by atoms with E-state index in [1.807, 2.05) is 6.92 Å². The summed E-state index contributed by atoms with van der Waals surface area (Å²) in [5, 5.41) is 2.55. The molecular weight excluding hydrogens is 285 g/mol. The highest BCUT2D eigenvalue weighted by molar-refractivity contribution is 7.89. The normalized spacial score (nSPS) is 11.6. The minimum absolute atomic E-state index is 0.129. The summed E-state index contributed by atoms with van der Waals surface area (Å²) < 4.78 is 38.7. The molecule has 0 aromatic heterocycles. The zero-order valence-corrected chi connectivity index (χ0v) is 12.2. The van der Waals surface area contributed by atoms with E-state index >= 15 is 0 Å². The highest BCUT2D eigenvalue weighted by atomic mass is 32.2. The van der Waals surface area contributed by atoms with Crippen molar-refractivity contribution in [3.05, 3.63) is 24.0 Å². The van der Waals surface area contributed by atoms with Crippen LogP contribution >= 0.6 is 0 Å². The molecule has 20 heavy (non-hydrogen) atoms. The van der Waals surface area contributed by atoms with E-state index in [0.29, 0.717) is 6.54 Å². The number of nitrogen functional groups attached to an aromatic ring is 1. The molecule has 112 valence electrons. The third-order valence-corrected chi connectivity index (χ3v) is 4.42. The maximum atomic E-state index is 13.7. The Morgan fingerprint density at radius 3 is 2.65 bits per heavy atom. The number of nitrogens with two attached hydrogens (primary N) is 1. The predicted molar refractivity (Wildman–Crippen MR) is 73.9 cm³/mol. The number of nitrogens with zero attached hydrogens (tertiary/aromatic N) is 1. The van der Waals surface area contributed by atoms with Gasteiger partial charge in [0.05, 0.1) is 6.54 Å². The van der Waals surface area contributed by atoms with Crippen LogP contribution in [0.5, 0.6) is 0 Å². The lowest BCUT2D eigenvalue weighted by Gasteiger charge is -2.17. The molecule has 3 N–H and O–H groups in total. The van der Waals surface area contributed by atoms with E-state index in [9.17, 15) is 17.6 Å². The zero-order chi connectivity index (χ0) is 15.3. The number of nitrogens with one attached hydrogen (secondary N) is 1. The summed E-state index contributed by atoms with van der Waals surface area (Å²) in [7, 11) is -2.85. The number of hydrogen-bond acceptors (Lipinski definition) is 4. The first-order chi connectivity index (χ1) is 9.28. The molecule has 0 aliphatic carbocycles. The molecule has 0 atom stereocenters. The fourth-order valence-corrected chi connectivity index (χ4v) is 2.67. The van der Waals surface area contributed by atoms with Gasteiger partial charge in [-0.15, -0.1) is 0 Å². The summed E-state index contributed by atoms with van der Waals surface area (Å²) >= 11 is 0. The number of amides is 1. The van der Waals surface area contributed by atoms with Crippen LogP contribution in [-0.2, 0) is 14.8 Å². The second-order valence-corrected chi connectivity index (χ2v) is 6.31. The van der Waals surface area contributed by atoms with E-state index in [1.54, 1.807) is 0 Å². The van der Waals surface area contributed by atoms with E-state index in [-0.39, 0.29) is 12.2 Å². The molecular formula is C12H18FN3O3S. The number of anilines is 1. The molecule has 0 fully saturated rings. The second kappa shape index (κ2) is 6.67. The lowest BCUT2D eigenvalue weighted by Crippen LogP contribution is -2.38. The van der Waals surface area contributed by atoms with Gasteiger partial charge >= 0.3 is 0 Å². The van der Waals surface area contributed by atoms with Crippen LogP contribution in [-0.4, -0.2) is 38.8 Å². The summed E-state index contributed by atoms with van der Waals surface area (Å²) in [6.07, 6.45) is 0.745. The van der Waals surface area contributed by atoms with Gasteiger partial charge in [-0.05, 0) is 24.6 Å². The molecule has 6 nitrogen and oxygen atoms in total. The Morgan fingerprint density at radius 2 is 2.10 bits per heavy atom. The van der Waals surface area contributed by atoms with Crippen LogP contribution in [0.1, 0.15) is 13.3 Å². The number of likely N-dealkylation sites (N-methyl/N-ethyl adjacent to an activating group) is 1. The van der Waals surface area contributed by atoms with Gasteiger partial charge in [-0.25, -0.2) is 12.8 Å². The van der Waals surface area contributed by atoms with Gasteiger partial charge in [0.1, 0.15) is 10.7 Å². The van der Waals surface area contributed by atoms with Crippen molar-refractivity contribution in [3.63, 3.8) is 0 Å². The minimum Gasteiger partial charge on any atom is -0.399 e. The van der Waals surface area contributed by atoms with Crippen molar-refractivity contribution in [2.75, 3.05) is 25.9 Å². The molecule has 1 aromatic carbocycles. The van der Waals surface area contributed by atoms with E-state index < -0.39 is 26.6 Å². The van der Waals surface area contributed by atoms with Gasteiger partial charge in [0, 0.05) is 19.3 Å². The summed E-state index contributed by atoms with van der Waals surface area (Å²) in [5.41, 5.74) is 5.50. The summed E-state index contributed by atoms with van der Waals surface area (Å²) in [4.78, 5) is 11.0. The standard InChI is InChI=1S/C12H18FN3O3S/c1-3-6-15-12(17)8-16(2)20(18,19)11-5-4-9(14)7-10(11)13/h4-5,7H,3,6,8,14H2,1-2H3,(H,15,17). The van der Waals surface area contributed by atoms with Crippen molar-refractivity contribution in [1.29, 1.82) is 0 Å². The van der Waals surface area contributed by atoms with Crippen molar-refractivity contribution in [2.45, 2.75) is 18.2 Å². The van der Waals surface area contributed by atoms with Crippen molar-refractivity contribution < 1.29 is 17.6 Å². The Labute approximate surface area is 117 Å². The summed E-state index contributed by atoms with van der Waals surface area (Å²) in [6.45, 7) is 1.97. The van der Waals surface area contributed by atoms with Crippen LogP contribution in [0.2, 0.25) is 0 Å². The molecule has 8 heteroatoms. The third kappa shape index (κ3) is 3.91.